The van der Waals surface area contributed by atoms with E-state index in [9.17, 15) is 4.89 Å². The SMILES string of the molecule is B[PH]1(O)OC[C@H](OC)[C@H](n2c(SCc3ccccc3)nc3c(N)ncnc32)O[C@@H](C)CO1. The first-order valence-corrected chi connectivity index (χ1v) is 13.5. The Balaban J connectivity index is 1.76. The molecule has 3 atom stereocenters. The maximum absolute atomic E-state index is 10.4. The number of nitrogens with two attached hydrogens (primary N) is 1. The Bertz CT molecular complexity index is 1060. The minimum atomic E-state index is -3.29. The van der Waals surface area contributed by atoms with Crippen molar-refractivity contribution in [2.24, 2.45) is 0 Å². The number of aromatic nitrogens is 4. The molecule has 1 saturated heterocycles. The van der Waals surface area contributed by atoms with E-state index in [0.29, 0.717) is 22.1 Å². The summed E-state index contributed by atoms with van der Waals surface area (Å²) in [7, 11) is -0.140. The number of fused-ring (bicyclic) bond motifs is 1. The average Bonchev–Trinajstić information content (AvgIpc) is 3.17. The van der Waals surface area contributed by atoms with Crippen LogP contribution in [0, 0.1) is 0 Å². The van der Waals surface area contributed by atoms with E-state index in [2.05, 4.69) is 22.1 Å². The summed E-state index contributed by atoms with van der Waals surface area (Å²) in [4.78, 5) is 23.7. The van der Waals surface area contributed by atoms with Gasteiger partial charge in [-0.05, 0) is 0 Å². The molecule has 3 N–H and O–H groups in total. The van der Waals surface area contributed by atoms with Crippen LogP contribution in [0.3, 0.4) is 0 Å². The molecule has 0 radical (unpaired) electrons. The van der Waals surface area contributed by atoms with Crippen LogP contribution in [0.2, 0.25) is 0 Å². The van der Waals surface area contributed by atoms with E-state index in [4.69, 9.17) is 29.2 Å². The average molecular weight is 479 g/mol. The Hall–Kier alpha value is -1.79. The quantitative estimate of drug-likeness (QED) is 0.317. The number of anilines is 1. The Morgan fingerprint density at radius 2 is 2.03 bits per heavy atom. The van der Waals surface area contributed by atoms with E-state index in [1.165, 1.54) is 18.1 Å². The second kappa shape index (κ2) is 10.0. The third-order valence-corrected chi connectivity index (χ3v) is 7.46. The second-order valence-corrected chi connectivity index (χ2v) is 10.9. The number of nitrogens with zero attached hydrogens (tertiary/aromatic N) is 4. The number of benzene rings is 1. The molecule has 0 saturated carbocycles. The fourth-order valence-electron chi connectivity index (χ4n) is 3.37. The third-order valence-electron chi connectivity index (χ3n) is 5.03. The minimum absolute atomic E-state index is 0.0795. The number of ether oxygens (including phenoxy) is 2. The van der Waals surface area contributed by atoms with Crippen molar-refractivity contribution in [1.29, 1.82) is 0 Å². The van der Waals surface area contributed by atoms with E-state index in [1.54, 1.807) is 14.7 Å². The summed E-state index contributed by atoms with van der Waals surface area (Å²) in [6.07, 6.45) is -0.136. The summed E-state index contributed by atoms with van der Waals surface area (Å²) in [5, 5.41) is 0.666. The van der Waals surface area contributed by atoms with Gasteiger partial charge in [0.2, 0.25) is 0 Å². The van der Waals surface area contributed by atoms with Crippen LogP contribution in [0.1, 0.15) is 18.7 Å². The molecule has 3 heterocycles. The summed E-state index contributed by atoms with van der Waals surface area (Å²) in [5.74, 6) is 0.980. The molecule has 1 aromatic carbocycles. The van der Waals surface area contributed by atoms with Crippen LogP contribution in [0.25, 0.3) is 11.2 Å². The van der Waals surface area contributed by atoms with Crippen molar-refractivity contribution in [2.75, 3.05) is 26.1 Å². The van der Waals surface area contributed by atoms with E-state index in [0.717, 1.165) is 5.56 Å². The van der Waals surface area contributed by atoms with Crippen molar-refractivity contribution >= 4 is 44.1 Å². The van der Waals surface area contributed by atoms with Gasteiger partial charge in [0.25, 0.3) is 0 Å². The number of nitrogen functional groups attached to an aromatic ring is 1. The first-order valence-electron chi connectivity index (χ1n) is 10.2. The van der Waals surface area contributed by atoms with Crippen molar-refractivity contribution in [2.45, 2.75) is 36.3 Å². The molecule has 1 fully saturated rings. The molecular weight excluding hydrogens is 452 g/mol. The van der Waals surface area contributed by atoms with Gasteiger partial charge in [0, 0.05) is 0 Å². The van der Waals surface area contributed by atoms with Gasteiger partial charge < -0.3 is 0 Å². The molecule has 10 nitrogen and oxygen atoms in total. The van der Waals surface area contributed by atoms with E-state index >= 15 is 0 Å². The number of thioether (sulfide) groups is 1. The summed E-state index contributed by atoms with van der Waals surface area (Å²) in [6, 6.07) is 10.1. The standard InChI is InChI=1S/C19H27BN5O5PS/c1-12-8-28-31(20,26)29-9-14(27-2)18(30-12)25-17-15(16(21)22-11-23-17)24-19(25)32-10-13-6-4-3-5-7-13/h3-7,11-12,14,18,26,31H,8-10,20H2,1-2H3,(H2,21,22,23)/t12-,14-,18+/m0/s1. The molecule has 1 aliphatic rings. The van der Waals surface area contributed by atoms with Crippen molar-refractivity contribution < 1.29 is 23.4 Å². The van der Waals surface area contributed by atoms with Crippen LogP contribution < -0.4 is 5.73 Å². The van der Waals surface area contributed by atoms with Gasteiger partial charge >= 0.3 is 192 Å². The van der Waals surface area contributed by atoms with E-state index in [1.807, 2.05) is 29.7 Å². The molecule has 0 bridgehead atoms. The Labute approximate surface area is 191 Å². The van der Waals surface area contributed by atoms with Gasteiger partial charge in [0.15, 0.2) is 0 Å². The van der Waals surface area contributed by atoms with Crippen LogP contribution in [0.4, 0.5) is 5.82 Å². The Morgan fingerprint density at radius 1 is 1.28 bits per heavy atom. The van der Waals surface area contributed by atoms with Crippen LogP contribution in [-0.4, -0.2) is 64.5 Å². The Morgan fingerprint density at radius 3 is 2.78 bits per heavy atom. The normalized spacial score (nSPS) is 25.0. The van der Waals surface area contributed by atoms with Gasteiger partial charge in [-0.2, -0.15) is 0 Å². The molecule has 1 aliphatic heterocycles. The molecule has 0 aliphatic carbocycles. The molecule has 172 valence electrons. The maximum atomic E-state index is 10.4. The van der Waals surface area contributed by atoms with Gasteiger partial charge in [-0.1, -0.05) is 0 Å². The monoisotopic (exact) mass is 479 g/mol. The zero-order chi connectivity index (χ0) is 22.7. The van der Waals surface area contributed by atoms with Crippen molar-refractivity contribution in [1.82, 2.24) is 19.5 Å². The number of hydrogen-bond acceptors (Lipinski definition) is 10. The molecule has 2 aromatic heterocycles. The predicted octanol–water partition coefficient (Wildman–Crippen LogP) is 1.70. The summed E-state index contributed by atoms with van der Waals surface area (Å²) >= 11 is 1.54. The number of imidazole rings is 1. The zero-order valence-corrected chi connectivity index (χ0v) is 20.0. The molecule has 0 unspecified atom stereocenters. The van der Waals surface area contributed by atoms with Crippen LogP contribution >= 0.6 is 19.6 Å². The zero-order valence-electron chi connectivity index (χ0n) is 18.2. The predicted molar refractivity (Wildman–Crippen MR) is 127 cm³/mol. The summed E-state index contributed by atoms with van der Waals surface area (Å²) in [6.45, 7) is 2.13. The van der Waals surface area contributed by atoms with Gasteiger partial charge in [0.05, 0.1) is 0 Å². The fraction of sp³-hybridized carbons (Fsp3) is 0.421. The topological polar surface area (TPSA) is 127 Å². The summed E-state index contributed by atoms with van der Waals surface area (Å²) < 4.78 is 25.2. The molecule has 13 heteroatoms. The first kappa shape index (κ1) is 23.4. The molecule has 0 amide bonds. The number of rotatable bonds is 5. The molecule has 4 rings (SSSR count). The Kier molecular flexibility index (Phi) is 7.31. The van der Waals surface area contributed by atoms with Crippen LogP contribution in [-0.2, 0) is 24.3 Å². The second-order valence-electron chi connectivity index (χ2n) is 7.60. The molecule has 3 aromatic rings. The number of hydrogen-bond donors (Lipinski definition) is 2. The van der Waals surface area contributed by atoms with Crippen molar-refractivity contribution in [3.63, 3.8) is 0 Å². The fourth-order valence-corrected chi connectivity index (χ4v) is 5.44. The number of methoxy groups -OCH3 is 1. The van der Waals surface area contributed by atoms with Gasteiger partial charge in [0.1, 0.15) is 0 Å². The van der Waals surface area contributed by atoms with E-state index < -0.39 is 20.2 Å². The molecule has 32 heavy (non-hydrogen) atoms. The third kappa shape index (κ3) is 5.23. The first-order chi connectivity index (χ1) is 15.4. The van der Waals surface area contributed by atoms with Crippen LogP contribution in [0.5, 0.6) is 0 Å². The van der Waals surface area contributed by atoms with Gasteiger partial charge in [-0.3, -0.25) is 0 Å². The van der Waals surface area contributed by atoms with E-state index in [-0.39, 0.29) is 25.1 Å². The van der Waals surface area contributed by atoms with Crippen molar-refractivity contribution in [3.8, 4) is 0 Å². The molecule has 0 spiro atoms. The molecular formula is C19H27BN5O5PS. The summed E-state index contributed by atoms with van der Waals surface area (Å²) in [5.41, 5.74) is 8.29. The van der Waals surface area contributed by atoms with Gasteiger partial charge in [-0.15, -0.1) is 0 Å². The van der Waals surface area contributed by atoms with Crippen LogP contribution in [0.15, 0.2) is 41.8 Å². The van der Waals surface area contributed by atoms with Gasteiger partial charge in [-0.25, -0.2) is 0 Å². The van der Waals surface area contributed by atoms with Crippen molar-refractivity contribution in [3.05, 3.63) is 42.2 Å².